The molecule has 2 aromatic rings. The van der Waals surface area contributed by atoms with Crippen molar-refractivity contribution in [2.45, 2.75) is 26.1 Å². The van der Waals surface area contributed by atoms with E-state index in [2.05, 4.69) is 4.98 Å². The van der Waals surface area contributed by atoms with Gasteiger partial charge in [0.1, 0.15) is 5.75 Å². The third-order valence-electron chi connectivity index (χ3n) is 3.66. The molecule has 1 N–H and O–H groups in total. The maximum Gasteiger partial charge on any atom is 0.323 e. The van der Waals surface area contributed by atoms with Gasteiger partial charge < -0.3 is 19.2 Å². The van der Waals surface area contributed by atoms with Crippen LogP contribution in [0.4, 0.5) is 0 Å². The normalized spacial score (nSPS) is 18.1. The molecule has 22 heavy (non-hydrogen) atoms. The second-order valence-electron chi connectivity index (χ2n) is 5.72. The van der Waals surface area contributed by atoms with E-state index < -0.39 is 23.6 Å². The van der Waals surface area contributed by atoms with E-state index in [4.69, 9.17) is 14.2 Å². The van der Waals surface area contributed by atoms with Crippen LogP contribution in [-0.4, -0.2) is 29.8 Å². The van der Waals surface area contributed by atoms with Crippen LogP contribution < -0.4 is 4.74 Å². The first-order valence-corrected chi connectivity index (χ1v) is 6.99. The Hall–Kier alpha value is -2.50. The highest BCUT2D eigenvalue weighted by molar-refractivity contribution is 5.97. The summed E-state index contributed by atoms with van der Waals surface area (Å²) in [4.78, 5) is 27.2. The van der Waals surface area contributed by atoms with E-state index in [0.717, 1.165) is 16.5 Å². The molecule has 1 saturated heterocycles. The van der Waals surface area contributed by atoms with Gasteiger partial charge in [-0.3, -0.25) is 9.59 Å². The smallest absolute Gasteiger partial charge is 0.323 e. The van der Waals surface area contributed by atoms with Gasteiger partial charge >= 0.3 is 11.9 Å². The lowest BCUT2D eigenvalue weighted by Crippen LogP contribution is -2.46. The SMILES string of the molecule is COc1ccc2[nH]cc(CC3C(=O)OC(C)(C)OC3=O)c2c1. The van der Waals surface area contributed by atoms with Gasteiger partial charge in [-0.1, -0.05) is 0 Å². The van der Waals surface area contributed by atoms with Gasteiger partial charge in [-0.15, -0.1) is 0 Å². The number of hydrogen-bond donors (Lipinski definition) is 1. The highest BCUT2D eigenvalue weighted by Gasteiger charge is 2.43. The van der Waals surface area contributed by atoms with E-state index >= 15 is 0 Å². The van der Waals surface area contributed by atoms with E-state index in [1.807, 2.05) is 18.2 Å². The van der Waals surface area contributed by atoms with E-state index in [-0.39, 0.29) is 6.42 Å². The molecule has 1 aliphatic rings. The molecule has 0 amide bonds. The number of ether oxygens (including phenoxy) is 3. The highest BCUT2D eigenvalue weighted by atomic mass is 16.7. The number of carbonyl (C=O) groups is 2. The lowest BCUT2D eigenvalue weighted by atomic mass is 9.98. The van der Waals surface area contributed by atoms with Crippen molar-refractivity contribution in [3.63, 3.8) is 0 Å². The second kappa shape index (κ2) is 5.05. The van der Waals surface area contributed by atoms with Crippen LogP contribution in [0.2, 0.25) is 0 Å². The molecule has 2 heterocycles. The first kappa shape index (κ1) is 14.4. The van der Waals surface area contributed by atoms with Crippen molar-refractivity contribution >= 4 is 22.8 Å². The summed E-state index contributed by atoms with van der Waals surface area (Å²) in [6.45, 7) is 3.07. The summed E-state index contributed by atoms with van der Waals surface area (Å²) in [5, 5.41) is 0.907. The summed E-state index contributed by atoms with van der Waals surface area (Å²) >= 11 is 0. The average Bonchev–Trinajstić information content (AvgIpc) is 2.84. The Balaban J connectivity index is 1.90. The van der Waals surface area contributed by atoms with Crippen LogP contribution in [-0.2, 0) is 25.5 Å². The van der Waals surface area contributed by atoms with Crippen molar-refractivity contribution in [3.8, 4) is 5.75 Å². The number of benzene rings is 1. The molecule has 0 spiro atoms. The third kappa shape index (κ3) is 2.52. The Morgan fingerprint density at radius 2 is 1.91 bits per heavy atom. The molecule has 116 valence electrons. The zero-order chi connectivity index (χ0) is 15.9. The van der Waals surface area contributed by atoms with Crippen molar-refractivity contribution in [2.75, 3.05) is 7.11 Å². The summed E-state index contributed by atoms with van der Waals surface area (Å²) in [7, 11) is 1.59. The first-order valence-electron chi connectivity index (χ1n) is 6.99. The standard InChI is InChI=1S/C16H17NO5/c1-16(2)21-14(18)12(15(19)22-16)6-9-8-17-13-5-4-10(20-3)7-11(9)13/h4-5,7-8,12,17H,6H2,1-3H3. The number of aromatic nitrogens is 1. The fraction of sp³-hybridized carbons (Fsp3) is 0.375. The number of fused-ring (bicyclic) bond motifs is 1. The van der Waals surface area contributed by atoms with Crippen LogP contribution >= 0.6 is 0 Å². The fourth-order valence-electron chi connectivity index (χ4n) is 2.58. The molecule has 0 unspecified atom stereocenters. The Labute approximate surface area is 127 Å². The third-order valence-corrected chi connectivity index (χ3v) is 3.66. The van der Waals surface area contributed by atoms with E-state index in [1.54, 1.807) is 13.3 Å². The number of rotatable bonds is 3. The molecule has 3 rings (SSSR count). The van der Waals surface area contributed by atoms with Crippen LogP contribution in [0.1, 0.15) is 19.4 Å². The number of cyclic esters (lactones) is 2. The van der Waals surface area contributed by atoms with Crippen molar-refractivity contribution in [1.82, 2.24) is 4.98 Å². The van der Waals surface area contributed by atoms with Crippen molar-refractivity contribution < 1.29 is 23.8 Å². The van der Waals surface area contributed by atoms with E-state index in [9.17, 15) is 9.59 Å². The molecule has 1 aromatic carbocycles. The maximum absolute atomic E-state index is 12.0. The van der Waals surface area contributed by atoms with Gasteiger partial charge in [-0.25, -0.2) is 0 Å². The topological polar surface area (TPSA) is 77.6 Å². The molecular weight excluding hydrogens is 286 g/mol. The number of esters is 2. The zero-order valence-corrected chi connectivity index (χ0v) is 12.6. The Morgan fingerprint density at radius 3 is 2.55 bits per heavy atom. The van der Waals surface area contributed by atoms with Gasteiger partial charge in [0.25, 0.3) is 5.79 Å². The van der Waals surface area contributed by atoms with Gasteiger partial charge in [0.2, 0.25) is 0 Å². The van der Waals surface area contributed by atoms with Crippen molar-refractivity contribution in [2.24, 2.45) is 5.92 Å². The van der Waals surface area contributed by atoms with Crippen LogP contribution in [0.25, 0.3) is 10.9 Å². The molecule has 1 aliphatic heterocycles. The highest BCUT2D eigenvalue weighted by Crippen LogP contribution is 2.29. The molecule has 6 nitrogen and oxygen atoms in total. The van der Waals surface area contributed by atoms with Crippen LogP contribution in [0.5, 0.6) is 5.75 Å². The van der Waals surface area contributed by atoms with Gasteiger partial charge in [0, 0.05) is 30.9 Å². The van der Waals surface area contributed by atoms with Gasteiger partial charge in [-0.2, -0.15) is 0 Å². The fourth-order valence-corrected chi connectivity index (χ4v) is 2.58. The number of aromatic amines is 1. The van der Waals surface area contributed by atoms with Crippen molar-refractivity contribution in [3.05, 3.63) is 30.0 Å². The monoisotopic (exact) mass is 303 g/mol. The minimum Gasteiger partial charge on any atom is -0.497 e. The first-order chi connectivity index (χ1) is 10.4. The molecule has 0 aliphatic carbocycles. The molecule has 1 fully saturated rings. The number of methoxy groups -OCH3 is 1. The van der Waals surface area contributed by atoms with E-state index in [1.165, 1.54) is 13.8 Å². The second-order valence-corrected chi connectivity index (χ2v) is 5.72. The molecule has 6 heteroatoms. The number of hydrogen-bond acceptors (Lipinski definition) is 5. The molecule has 0 saturated carbocycles. The van der Waals surface area contributed by atoms with Crippen LogP contribution in [0.3, 0.4) is 0 Å². The molecular formula is C16H17NO5. The predicted molar refractivity (Wildman–Crippen MR) is 78.3 cm³/mol. The molecule has 0 bridgehead atoms. The summed E-state index contributed by atoms with van der Waals surface area (Å²) < 4.78 is 15.5. The van der Waals surface area contributed by atoms with Gasteiger partial charge in [-0.05, 0) is 30.2 Å². The maximum atomic E-state index is 12.0. The van der Waals surface area contributed by atoms with E-state index in [0.29, 0.717) is 5.75 Å². The number of H-pyrrole nitrogens is 1. The van der Waals surface area contributed by atoms with Crippen LogP contribution in [0.15, 0.2) is 24.4 Å². The summed E-state index contributed by atoms with van der Waals surface area (Å²) in [6.07, 6.45) is 2.01. The predicted octanol–water partition coefficient (Wildman–Crippen LogP) is 2.17. The number of nitrogens with one attached hydrogen (secondary N) is 1. The lowest BCUT2D eigenvalue weighted by Gasteiger charge is -2.32. The van der Waals surface area contributed by atoms with Crippen LogP contribution in [0, 0.1) is 5.92 Å². The summed E-state index contributed by atoms with van der Waals surface area (Å²) in [6, 6.07) is 5.59. The molecule has 0 radical (unpaired) electrons. The largest absolute Gasteiger partial charge is 0.497 e. The Morgan fingerprint density at radius 1 is 1.23 bits per heavy atom. The average molecular weight is 303 g/mol. The zero-order valence-electron chi connectivity index (χ0n) is 12.6. The summed E-state index contributed by atoms with van der Waals surface area (Å²) in [5.74, 6) is -2.55. The number of carbonyl (C=O) groups excluding carboxylic acids is 2. The van der Waals surface area contributed by atoms with Crippen molar-refractivity contribution in [1.29, 1.82) is 0 Å². The lowest BCUT2D eigenvalue weighted by molar-refractivity contribution is -0.239. The van der Waals surface area contributed by atoms with Gasteiger partial charge in [0.05, 0.1) is 7.11 Å². The Kier molecular flexibility index (Phi) is 3.31. The van der Waals surface area contributed by atoms with Gasteiger partial charge in [0.15, 0.2) is 5.92 Å². The quantitative estimate of drug-likeness (QED) is 0.694. The molecule has 1 aromatic heterocycles. The molecule has 0 atom stereocenters. The minimum atomic E-state index is -1.20. The minimum absolute atomic E-state index is 0.223. The Bertz CT molecular complexity index is 726. The summed E-state index contributed by atoms with van der Waals surface area (Å²) in [5.41, 5.74) is 1.75.